The summed E-state index contributed by atoms with van der Waals surface area (Å²) in [7, 11) is 0. The van der Waals surface area contributed by atoms with E-state index in [4.69, 9.17) is 4.98 Å². The van der Waals surface area contributed by atoms with Gasteiger partial charge >= 0.3 is 5.97 Å². The smallest absolute Gasteiger partial charge is 0.335 e. The molecule has 0 aliphatic carbocycles. The van der Waals surface area contributed by atoms with Gasteiger partial charge in [0.1, 0.15) is 5.82 Å². The first kappa shape index (κ1) is 17.7. The van der Waals surface area contributed by atoms with Gasteiger partial charge in [0.15, 0.2) is 0 Å². The monoisotopic (exact) mass is 363 g/mol. The van der Waals surface area contributed by atoms with Crippen molar-refractivity contribution in [1.29, 1.82) is 0 Å². The van der Waals surface area contributed by atoms with Crippen molar-refractivity contribution in [3.63, 3.8) is 0 Å². The third-order valence-corrected chi connectivity index (χ3v) is 5.55. The molecule has 0 saturated carbocycles. The van der Waals surface area contributed by atoms with Gasteiger partial charge in [0.2, 0.25) is 0 Å². The zero-order valence-corrected chi connectivity index (χ0v) is 15.6. The lowest BCUT2D eigenvalue weighted by atomic mass is 10.0. The van der Waals surface area contributed by atoms with E-state index >= 15 is 0 Å². The summed E-state index contributed by atoms with van der Waals surface area (Å²) in [5, 5.41) is 9.24. The van der Waals surface area contributed by atoms with Gasteiger partial charge in [-0.1, -0.05) is 30.3 Å². The molecule has 5 heteroatoms. The molecule has 3 aromatic rings. The molecular formula is C22H25N3O2. The second-order valence-corrected chi connectivity index (χ2v) is 7.24. The molecule has 140 valence electrons. The van der Waals surface area contributed by atoms with E-state index in [2.05, 4.69) is 46.7 Å². The van der Waals surface area contributed by atoms with Crippen LogP contribution in [-0.2, 0) is 19.5 Å². The van der Waals surface area contributed by atoms with Crippen molar-refractivity contribution in [3.8, 4) is 0 Å². The predicted octanol–water partition coefficient (Wildman–Crippen LogP) is 3.96. The average Bonchev–Trinajstić information content (AvgIpc) is 3.25. The number of nitrogens with zero attached hydrogens (tertiary/aromatic N) is 3. The lowest BCUT2D eigenvalue weighted by Crippen LogP contribution is -2.31. The first-order chi connectivity index (χ1) is 13.2. The zero-order chi connectivity index (χ0) is 18.8. The summed E-state index contributed by atoms with van der Waals surface area (Å²) in [6.45, 7) is 4.84. The number of carboxylic acid groups (broad SMARTS) is 1. The van der Waals surface area contributed by atoms with Crippen molar-refractivity contribution in [2.24, 2.45) is 0 Å². The van der Waals surface area contributed by atoms with Crippen molar-refractivity contribution in [2.75, 3.05) is 6.54 Å². The highest BCUT2D eigenvalue weighted by molar-refractivity contribution is 5.92. The van der Waals surface area contributed by atoms with Crippen LogP contribution in [0.25, 0.3) is 11.0 Å². The Balaban J connectivity index is 1.59. The maximum absolute atomic E-state index is 11.3. The number of hydrogen-bond acceptors (Lipinski definition) is 3. The van der Waals surface area contributed by atoms with Gasteiger partial charge in [-0.05, 0) is 56.5 Å². The van der Waals surface area contributed by atoms with E-state index in [-0.39, 0.29) is 5.56 Å². The number of hydrogen-bond donors (Lipinski definition) is 1. The SMILES string of the molecule is CCn1c(CN2CCCC2Cc2ccccc2)nc2cc(C(=O)O)ccc21. The van der Waals surface area contributed by atoms with Crippen LogP contribution in [0.5, 0.6) is 0 Å². The number of aromatic nitrogens is 2. The lowest BCUT2D eigenvalue weighted by molar-refractivity contribution is 0.0697. The van der Waals surface area contributed by atoms with Gasteiger partial charge in [-0.2, -0.15) is 0 Å². The highest BCUT2D eigenvalue weighted by Crippen LogP contribution is 2.25. The van der Waals surface area contributed by atoms with Gasteiger partial charge < -0.3 is 9.67 Å². The molecule has 1 fully saturated rings. The summed E-state index contributed by atoms with van der Waals surface area (Å²) in [6, 6.07) is 16.4. The lowest BCUT2D eigenvalue weighted by Gasteiger charge is -2.24. The third kappa shape index (κ3) is 3.60. The first-order valence-electron chi connectivity index (χ1n) is 9.66. The standard InChI is InChI=1S/C22H25N3O2/c1-2-25-20-11-10-17(22(26)27)14-19(20)23-21(25)15-24-12-6-9-18(24)13-16-7-4-3-5-8-16/h3-5,7-8,10-11,14,18H,2,6,9,12-13,15H2,1H3,(H,26,27). The molecule has 5 nitrogen and oxygen atoms in total. The summed E-state index contributed by atoms with van der Waals surface area (Å²) in [5.74, 6) is 0.113. The normalized spacial score (nSPS) is 17.6. The molecule has 1 atom stereocenters. The maximum Gasteiger partial charge on any atom is 0.335 e. The number of imidazole rings is 1. The fourth-order valence-corrected chi connectivity index (χ4v) is 4.19. The summed E-state index contributed by atoms with van der Waals surface area (Å²) in [4.78, 5) is 18.6. The number of fused-ring (bicyclic) bond motifs is 1. The minimum Gasteiger partial charge on any atom is -0.478 e. The summed E-state index contributed by atoms with van der Waals surface area (Å²) in [5.41, 5.74) is 3.45. The molecule has 1 unspecified atom stereocenters. The Bertz CT molecular complexity index is 949. The number of carbonyl (C=O) groups is 1. The van der Waals surface area contributed by atoms with Gasteiger partial charge in [-0.3, -0.25) is 4.90 Å². The van der Waals surface area contributed by atoms with Crippen molar-refractivity contribution in [3.05, 3.63) is 65.5 Å². The van der Waals surface area contributed by atoms with Crippen LogP contribution in [0.15, 0.2) is 48.5 Å². The second kappa shape index (κ2) is 7.53. The molecule has 0 spiro atoms. The van der Waals surface area contributed by atoms with Crippen LogP contribution in [-0.4, -0.2) is 38.1 Å². The topological polar surface area (TPSA) is 58.4 Å². The Morgan fingerprint density at radius 3 is 2.78 bits per heavy atom. The van der Waals surface area contributed by atoms with E-state index < -0.39 is 5.97 Å². The fraction of sp³-hybridized carbons (Fsp3) is 0.364. The first-order valence-corrected chi connectivity index (χ1v) is 9.66. The third-order valence-electron chi connectivity index (χ3n) is 5.55. The molecule has 2 aromatic carbocycles. The molecule has 27 heavy (non-hydrogen) atoms. The van der Waals surface area contributed by atoms with Crippen LogP contribution in [0.2, 0.25) is 0 Å². The number of likely N-dealkylation sites (tertiary alicyclic amines) is 1. The largest absolute Gasteiger partial charge is 0.478 e. The Labute approximate surface area is 159 Å². The van der Waals surface area contributed by atoms with E-state index in [0.717, 1.165) is 42.9 Å². The van der Waals surface area contributed by atoms with Gasteiger partial charge in [0, 0.05) is 12.6 Å². The van der Waals surface area contributed by atoms with E-state index in [0.29, 0.717) is 6.04 Å². The van der Waals surface area contributed by atoms with Gasteiger partial charge in [-0.15, -0.1) is 0 Å². The van der Waals surface area contributed by atoms with Crippen LogP contribution in [0.1, 0.15) is 41.5 Å². The quantitative estimate of drug-likeness (QED) is 0.720. The highest BCUT2D eigenvalue weighted by atomic mass is 16.4. The number of carboxylic acids is 1. The summed E-state index contributed by atoms with van der Waals surface area (Å²) in [6.07, 6.45) is 3.49. The fourth-order valence-electron chi connectivity index (χ4n) is 4.19. The molecule has 4 rings (SSSR count). The second-order valence-electron chi connectivity index (χ2n) is 7.24. The van der Waals surface area contributed by atoms with Crippen LogP contribution in [0.3, 0.4) is 0 Å². The summed E-state index contributed by atoms with van der Waals surface area (Å²) < 4.78 is 2.21. The highest BCUT2D eigenvalue weighted by Gasteiger charge is 2.26. The van der Waals surface area contributed by atoms with Gasteiger partial charge in [0.25, 0.3) is 0 Å². The Morgan fingerprint density at radius 1 is 1.22 bits per heavy atom. The van der Waals surface area contributed by atoms with Crippen LogP contribution in [0.4, 0.5) is 0 Å². The molecule has 2 heterocycles. The number of benzene rings is 2. The molecule has 0 radical (unpaired) electrons. The van der Waals surface area contributed by atoms with E-state index in [1.165, 1.54) is 18.4 Å². The van der Waals surface area contributed by atoms with E-state index in [9.17, 15) is 9.90 Å². The Kier molecular flexibility index (Phi) is 4.94. The zero-order valence-electron chi connectivity index (χ0n) is 15.6. The van der Waals surface area contributed by atoms with Crippen molar-refractivity contribution in [1.82, 2.24) is 14.5 Å². The van der Waals surface area contributed by atoms with E-state index in [1.54, 1.807) is 12.1 Å². The molecule has 1 aliphatic rings. The average molecular weight is 363 g/mol. The summed E-state index contributed by atoms with van der Waals surface area (Å²) >= 11 is 0. The van der Waals surface area contributed by atoms with Crippen LogP contribution < -0.4 is 0 Å². The molecular weight excluding hydrogens is 338 g/mol. The van der Waals surface area contributed by atoms with Crippen molar-refractivity contribution < 1.29 is 9.90 Å². The molecule has 1 N–H and O–H groups in total. The van der Waals surface area contributed by atoms with Crippen LogP contribution >= 0.6 is 0 Å². The van der Waals surface area contributed by atoms with Crippen molar-refractivity contribution in [2.45, 2.75) is 45.3 Å². The number of rotatable bonds is 6. The maximum atomic E-state index is 11.3. The molecule has 0 amide bonds. The number of aryl methyl sites for hydroxylation is 1. The minimum atomic E-state index is -0.910. The van der Waals surface area contributed by atoms with Crippen molar-refractivity contribution >= 4 is 17.0 Å². The molecule has 0 bridgehead atoms. The van der Waals surface area contributed by atoms with Crippen LogP contribution in [0, 0.1) is 0 Å². The molecule has 1 aromatic heterocycles. The Morgan fingerprint density at radius 2 is 2.04 bits per heavy atom. The predicted molar refractivity (Wildman–Crippen MR) is 106 cm³/mol. The minimum absolute atomic E-state index is 0.290. The van der Waals surface area contributed by atoms with Gasteiger partial charge in [0.05, 0.1) is 23.1 Å². The van der Waals surface area contributed by atoms with E-state index in [1.807, 2.05) is 6.07 Å². The van der Waals surface area contributed by atoms with Gasteiger partial charge in [-0.25, -0.2) is 9.78 Å². The number of aromatic carboxylic acids is 1. The molecule has 1 aliphatic heterocycles. The Hall–Kier alpha value is -2.66. The molecule has 1 saturated heterocycles.